The Bertz CT molecular complexity index is 3150. The Balaban J connectivity index is 1.01. The average Bonchev–Trinajstić information content (AvgIpc) is 3.23. The molecule has 10 aromatic rings. The first kappa shape index (κ1) is 30.4. The molecule has 0 atom stereocenters. The maximum Gasteiger partial charge on any atom is 0.0207 e. The van der Waals surface area contributed by atoms with Crippen LogP contribution in [0.2, 0.25) is 0 Å². The van der Waals surface area contributed by atoms with Crippen molar-refractivity contribution in [1.82, 2.24) is 0 Å². The molecule has 0 saturated heterocycles. The molecule has 0 spiro atoms. The highest BCUT2D eigenvalue weighted by molar-refractivity contribution is 8.00. The predicted octanol–water partition coefficient (Wildman–Crippen LogP) is 15.6. The largest absolute Gasteiger partial charge is 0.0888 e. The molecule has 0 aliphatic carbocycles. The van der Waals surface area contributed by atoms with Crippen molar-refractivity contribution in [3.63, 3.8) is 0 Å². The Morgan fingerprint density at radius 2 is 0.741 bits per heavy atom. The highest BCUT2D eigenvalue weighted by Gasteiger charge is 2.23. The Morgan fingerprint density at radius 1 is 0.259 bits per heavy atom. The smallest absolute Gasteiger partial charge is 0.0207 e. The van der Waals surface area contributed by atoms with Crippen LogP contribution in [0.25, 0.3) is 98.7 Å². The van der Waals surface area contributed by atoms with E-state index in [4.69, 9.17) is 0 Å². The molecule has 0 amide bonds. The zero-order valence-electron chi connectivity index (χ0n) is 29.1. The maximum absolute atomic E-state index is 2.43. The van der Waals surface area contributed by atoms with Gasteiger partial charge in [0.25, 0.3) is 0 Å². The summed E-state index contributed by atoms with van der Waals surface area (Å²) >= 11 is 3.78. The van der Waals surface area contributed by atoms with Gasteiger partial charge in [-0.05, 0) is 112 Å². The molecule has 10 aromatic carbocycles. The predicted molar refractivity (Wildman–Crippen MR) is 232 cm³/mol. The third kappa shape index (κ3) is 4.42. The lowest BCUT2D eigenvalue weighted by molar-refractivity contribution is 1.40. The van der Waals surface area contributed by atoms with Gasteiger partial charge in [-0.15, -0.1) is 0 Å². The molecular weight excluding hydrogens is 689 g/mol. The van der Waals surface area contributed by atoms with Crippen molar-refractivity contribution in [3.05, 3.63) is 182 Å². The van der Waals surface area contributed by atoms with Crippen LogP contribution in [-0.2, 0) is 0 Å². The van der Waals surface area contributed by atoms with Gasteiger partial charge in [0.05, 0.1) is 0 Å². The van der Waals surface area contributed by atoms with Crippen molar-refractivity contribution < 1.29 is 0 Å². The van der Waals surface area contributed by atoms with E-state index >= 15 is 0 Å². The molecule has 0 fully saturated rings. The summed E-state index contributed by atoms with van der Waals surface area (Å²) in [6.45, 7) is 0. The van der Waals surface area contributed by atoms with Crippen molar-refractivity contribution >= 4 is 66.6 Å². The summed E-state index contributed by atoms with van der Waals surface area (Å²) in [6, 6.07) is 67.9. The number of fused-ring (bicyclic) bond motifs is 6. The van der Waals surface area contributed by atoms with Crippen LogP contribution in [0.5, 0.6) is 0 Å². The molecule has 0 unspecified atom stereocenters. The molecule has 2 aliphatic heterocycles. The third-order valence-electron chi connectivity index (χ3n) is 11.5. The lowest BCUT2D eigenvalue weighted by Crippen LogP contribution is -1.95. The molecule has 0 radical (unpaired) electrons. The maximum atomic E-state index is 2.43. The quantitative estimate of drug-likeness (QED) is 0.167. The summed E-state index contributed by atoms with van der Waals surface area (Å²) in [4.78, 5) is 5.30. The van der Waals surface area contributed by atoms with Crippen LogP contribution in [0.3, 0.4) is 0 Å². The minimum absolute atomic E-state index is 1.23. The monoisotopic (exact) mass is 718 g/mol. The molecule has 12 rings (SSSR count). The average molecular weight is 719 g/mol. The lowest BCUT2D eigenvalue weighted by Gasteiger charge is -2.22. The summed E-state index contributed by atoms with van der Waals surface area (Å²) in [5, 5.41) is 10.4. The van der Waals surface area contributed by atoms with Gasteiger partial charge in [0, 0.05) is 30.4 Å². The van der Waals surface area contributed by atoms with Gasteiger partial charge in [-0.3, -0.25) is 0 Å². The standard InChI is InChI=1S/C52H30S2/c1-3-15-43-41(13-1)49(33-24-22-31(23-25-33)35-28-29-47-52-38(35)18-9-19-40(52)36-12-5-6-20-45(36)53-47)42-14-2-4-16-44(42)50(43)34-26-27-37-39-17-7-10-32-11-8-21-46(51(32)39)54-48(37)30-34/h1-30H. The van der Waals surface area contributed by atoms with Gasteiger partial charge >= 0.3 is 0 Å². The second kappa shape index (κ2) is 11.7. The molecule has 0 aromatic heterocycles. The number of benzene rings is 10. The van der Waals surface area contributed by atoms with Gasteiger partial charge in [-0.2, -0.15) is 0 Å². The van der Waals surface area contributed by atoms with E-state index in [-0.39, 0.29) is 0 Å². The molecule has 0 nitrogen and oxygen atoms in total. The van der Waals surface area contributed by atoms with E-state index in [9.17, 15) is 0 Å². The molecule has 54 heavy (non-hydrogen) atoms. The highest BCUT2D eigenvalue weighted by atomic mass is 32.2. The molecule has 250 valence electrons. The topological polar surface area (TPSA) is 0 Å². The number of hydrogen-bond acceptors (Lipinski definition) is 2. The number of hydrogen-bond donors (Lipinski definition) is 0. The Hall–Kier alpha value is -6.06. The van der Waals surface area contributed by atoms with Gasteiger partial charge in [0.1, 0.15) is 0 Å². The molecular formula is C52H30S2. The minimum Gasteiger partial charge on any atom is -0.0888 e. The van der Waals surface area contributed by atoms with Crippen LogP contribution < -0.4 is 0 Å². The first-order chi connectivity index (χ1) is 26.8. The third-order valence-corrected chi connectivity index (χ3v) is 13.7. The number of rotatable bonds is 3. The molecule has 2 heteroatoms. The van der Waals surface area contributed by atoms with Crippen LogP contribution in [0.1, 0.15) is 0 Å². The van der Waals surface area contributed by atoms with E-state index in [0.717, 1.165) is 0 Å². The van der Waals surface area contributed by atoms with Gasteiger partial charge in [0.2, 0.25) is 0 Å². The van der Waals surface area contributed by atoms with Crippen LogP contribution in [0.4, 0.5) is 0 Å². The fourth-order valence-electron chi connectivity index (χ4n) is 9.12. The van der Waals surface area contributed by atoms with Crippen LogP contribution in [0, 0.1) is 0 Å². The van der Waals surface area contributed by atoms with Gasteiger partial charge in [-0.25, -0.2) is 0 Å². The van der Waals surface area contributed by atoms with Crippen molar-refractivity contribution in [2.45, 2.75) is 19.6 Å². The zero-order chi connectivity index (χ0) is 35.3. The summed E-state index contributed by atoms with van der Waals surface area (Å²) < 4.78 is 0. The van der Waals surface area contributed by atoms with E-state index in [1.807, 2.05) is 23.5 Å². The van der Waals surface area contributed by atoms with E-state index in [0.29, 0.717) is 0 Å². The molecule has 2 heterocycles. The SMILES string of the molecule is c1ccc2c(c1)Sc1ccc(-c3ccc(-c4c5ccccc5c(-c5ccc6c(c5)Sc5cccc7cccc-6c57)c5ccccc45)cc3)c3cccc-2c13. The first-order valence-electron chi connectivity index (χ1n) is 18.5. The van der Waals surface area contributed by atoms with E-state index in [1.54, 1.807) is 0 Å². The van der Waals surface area contributed by atoms with Crippen molar-refractivity contribution in [1.29, 1.82) is 0 Å². The molecule has 2 aliphatic rings. The zero-order valence-corrected chi connectivity index (χ0v) is 30.8. The molecule has 0 saturated carbocycles. The Morgan fingerprint density at radius 3 is 1.50 bits per heavy atom. The fraction of sp³-hybridized carbons (Fsp3) is 0. The second-order valence-corrected chi connectivity index (χ2v) is 16.5. The summed E-state index contributed by atoms with van der Waals surface area (Å²) in [5.74, 6) is 0. The summed E-state index contributed by atoms with van der Waals surface area (Å²) in [6.07, 6.45) is 0. The lowest BCUT2D eigenvalue weighted by atomic mass is 9.85. The van der Waals surface area contributed by atoms with Gasteiger partial charge in [-0.1, -0.05) is 181 Å². The van der Waals surface area contributed by atoms with E-state index in [2.05, 4.69) is 182 Å². The normalized spacial score (nSPS) is 12.7. The van der Waals surface area contributed by atoms with Crippen molar-refractivity contribution in [2.75, 3.05) is 0 Å². The van der Waals surface area contributed by atoms with E-state index < -0.39 is 0 Å². The first-order valence-corrected chi connectivity index (χ1v) is 20.1. The second-order valence-electron chi connectivity index (χ2n) is 14.3. The minimum atomic E-state index is 1.23. The van der Waals surface area contributed by atoms with Crippen LogP contribution in [-0.4, -0.2) is 0 Å². The Labute approximate surface area is 322 Å². The molecule has 0 bridgehead atoms. The van der Waals surface area contributed by atoms with Crippen molar-refractivity contribution in [2.24, 2.45) is 0 Å². The summed E-state index contributed by atoms with van der Waals surface area (Å²) in [5.41, 5.74) is 12.9. The van der Waals surface area contributed by atoms with E-state index in [1.165, 1.54) is 118 Å². The van der Waals surface area contributed by atoms with Crippen LogP contribution >= 0.6 is 23.5 Å². The van der Waals surface area contributed by atoms with Crippen LogP contribution in [0.15, 0.2) is 202 Å². The highest BCUT2D eigenvalue weighted by Crippen LogP contribution is 2.52. The Kier molecular flexibility index (Phi) is 6.60. The fourth-order valence-corrected chi connectivity index (χ4v) is 11.4. The van der Waals surface area contributed by atoms with Gasteiger partial charge < -0.3 is 0 Å². The van der Waals surface area contributed by atoms with Crippen molar-refractivity contribution in [3.8, 4) is 55.6 Å². The molecule has 0 N–H and O–H groups in total. The van der Waals surface area contributed by atoms with Gasteiger partial charge in [0.15, 0.2) is 0 Å². The summed E-state index contributed by atoms with van der Waals surface area (Å²) in [7, 11) is 0.